The van der Waals surface area contributed by atoms with Crippen molar-refractivity contribution in [1.29, 1.82) is 0 Å². The second-order valence-electron chi connectivity index (χ2n) is 6.70. The first kappa shape index (κ1) is 20.7. The molecule has 0 bridgehead atoms. The average molecular weight is 440 g/mol. The molecule has 2 heterocycles. The van der Waals surface area contributed by atoms with E-state index in [2.05, 4.69) is 25.1 Å². The molecule has 4 rings (SSSR count). The number of rotatable bonds is 6. The summed E-state index contributed by atoms with van der Waals surface area (Å²) >= 11 is 1.25. The molecular formula is C20H18F2N8S. The van der Waals surface area contributed by atoms with Crippen molar-refractivity contribution >= 4 is 23.7 Å². The van der Waals surface area contributed by atoms with Crippen LogP contribution in [0.4, 0.5) is 20.7 Å². The SMILES string of the molecule is CN(C)c1nc(N)nc(CSc2nnc(-c3ccccc3)n2-c2ccc(F)cc2F)n1. The third-order valence-corrected chi connectivity index (χ3v) is 5.16. The van der Waals surface area contributed by atoms with E-state index in [9.17, 15) is 8.78 Å². The number of hydrogen-bond acceptors (Lipinski definition) is 8. The molecule has 0 aliphatic rings. The minimum Gasteiger partial charge on any atom is -0.368 e. The molecule has 2 aromatic heterocycles. The monoisotopic (exact) mass is 440 g/mol. The topological polar surface area (TPSA) is 98.6 Å². The summed E-state index contributed by atoms with van der Waals surface area (Å²) in [5.74, 6) is 0.308. The van der Waals surface area contributed by atoms with Crippen molar-refractivity contribution in [2.24, 2.45) is 0 Å². The molecule has 31 heavy (non-hydrogen) atoms. The first-order valence-electron chi connectivity index (χ1n) is 9.19. The molecule has 2 N–H and O–H groups in total. The minimum absolute atomic E-state index is 0.102. The van der Waals surface area contributed by atoms with Gasteiger partial charge in [0.05, 0.1) is 11.4 Å². The molecular weight excluding hydrogens is 422 g/mol. The fraction of sp³-hybridized carbons (Fsp3) is 0.150. The van der Waals surface area contributed by atoms with Gasteiger partial charge in [0, 0.05) is 25.7 Å². The lowest BCUT2D eigenvalue weighted by molar-refractivity contribution is 0.575. The van der Waals surface area contributed by atoms with Crippen molar-refractivity contribution in [1.82, 2.24) is 29.7 Å². The van der Waals surface area contributed by atoms with Crippen LogP contribution >= 0.6 is 11.8 Å². The molecule has 0 atom stereocenters. The highest BCUT2D eigenvalue weighted by atomic mass is 32.2. The Hall–Kier alpha value is -3.60. The van der Waals surface area contributed by atoms with Crippen molar-refractivity contribution in [3.63, 3.8) is 0 Å². The van der Waals surface area contributed by atoms with Crippen LogP contribution in [-0.2, 0) is 5.75 Å². The van der Waals surface area contributed by atoms with Crippen molar-refractivity contribution in [2.45, 2.75) is 10.9 Å². The lowest BCUT2D eigenvalue weighted by Gasteiger charge is -2.12. The number of nitrogens with zero attached hydrogens (tertiary/aromatic N) is 7. The predicted octanol–water partition coefficient (Wildman–Crippen LogP) is 3.34. The summed E-state index contributed by atoms with van der Waals surface area (Å²) in [6, 6.07) is 12.6. The van der Waals surface area contributed by atoms with Crippen molar-refractivity contribution in [3.8, 4) is 17.1 Å². The summed E-state index contributed by atoms with van der Waals surface area (Å²) in [5, 5.41) is 8.88. The number of thioether (sulfide) groups is 1. The van der Waals surface area contributed by atoms with E-state index in [1.807, 2.05) is 30.3 Å². The molecule has 0 aliphatic carbocycles. The van der Waals surface area contributed by atoms with Crippen LogP contribution in [0.3, 0.4) is 0 Å². The van der Waals surface area contributed by atoms with Gasteiger partial charge < -0.3 is 10.6 Å². The first-order chi connectivity index (χ1) is 14.9. The van der Waals surface area contributed by atoms with E-state index < -0.39 is 11.6 Å². The van der Waals surface area contributed by atoms with Crippen LogP contribution in [0.25, 0.3) is 17.1 Å². The van der Waals surface area contributed by atoms with Gasteiger partial charge in [-0.05, 0) is 12.1 Å². The van der Waals surface area contributed by atoms with E-state index in [-0.39, 0.29) is 11.6 Å². The standard InChI is InChI=1S/C20H18F2N8S/c1-29(2)19-25-16(24-18(23)26-19)11-31-20-28-27-17(12-6-4-3-5-7-12)30(20)15-9-8-13(21)10-14(15)22/h3-10H,11H2,1-2H3,(H2,23,24,25,26). The number of hydrogen-bond donors (Lipinski definition) is 1. The molecule has 4 aromatic rings. The Bertz CT molecular complexity index is 1210. The van der Waals surface area contributed by atoms with Gasteiger partial charge in [0.2, 0.25) is 11.9 Å². The van der Waals surface area contributed by atoms with Gasteiger partial charge in [0.25, 0.3) is 0 Å². The van der Waals surface area contributed by atoms with Gasteiger partial charge in [-0.25, -0.2) is 8.78 Å². The maximum absolute atomic E-state index is 14.7. The van der Waals surface area contributed by atoms with Crippen LogP contribution < -0.4 is 10.6 Å². The van der Waals surface area contributed by atoms with Crippen LogP contribution in [0.2, 0.25) is 0 Å². The molecule has 11 heteroatoms. The Balaban J connectivity index is 1.74. The molecule has 0 saturated carbocycles. The number of aromatic nitrogens is 6. The van der Waals surface area contributed by atoms with E-state index in [1.54, 1.807) is 23.6 Å². The predicted molar refractivity (Wildman–Crippen MR) is 115 cm³/mol. The summed E-state index contributed by atoms with van der Waals surface area (Å²) in [6.07, 6.45) is 0. The fourth-order valence-electron chi connectivity index (χ4n) is 2.84. The average Bonchev–Trinajstić information content (AvgIpc) is 3.16. The lowest BCUT2D eigenvalue weighted by atomic mass is 10.2. The third-order valence-electron chi connectivity index (χ3n) is 4.23. The Morgan fingerprint density at radius 2 is 1.77 bits per heavy atom. The molecule has 8 nitrogen and oxygen atoms in total. The van der Waals surface area contributed by atoms with Crippen LogP contribution in [0.1, 0.15) is 5.82 Å². The van der Waals surface area contributed by atoms with Gasteiger partial charge in [-0.2, -0.15) is 15.0 Å². The molecule has 0 radical (unpaired) electrons. The number of nitrogen functional groups attached to an aromatic ring is 1. The summed E-state index contributed by atoms with van der Waals surface area (Å²) in [7, 11) is 3.59. The number of anilines is 2. The maximum Gasteiger partial charge on any atom is 0.229 e. The van der Waals surface area contributed by atoms with Crippen LogP contribution in [0, 0.1) is 11.6 Å². The molecule has 0 fully saturated rings. The summed E-state index contributed by atoms with van der Waals surface area (Å²) in [5.41, 5.74) is 6.66. The van der Waals surface area contributed by atoms with Gasteiger partial charge >= 0.3 is 0 Å². The van der Waals surface area contributed by atoms with Gasteiger partial charge in [-0.3, -0.25) is 4.57 Å². The van der Waals surface area contributed by atoms with Crippen LogP contribution in [-0.4, -0.2) is 43.8 Å². The molecule has 158 valence electrons. The number of benzene rings is 2. The zero-order chi connectivity index (χ0) is 22.0. The Labute approximate surface area is 181 Å². The Morgan fingerprint density at radius 3 is 2.48 bits per heavy atom. The smallest absolute Gasteiger partial charge is 0.229 e. The minimum atomic E-state index is -0.724. The Kier molecular flexibility index (Phi) is 5.76. The number of nitrogens with two attached hydrogens (primary N) is 1. The molecule has 0 spiro atoms. The van der Waals surface area contributed by atoms with E-state index in [4.69, 9.17) is 5.73 Å². The summed E-state index contributed by atoms with van der Waals surface area (Å²) < 4.78 is 29.7. The Morgan fingerprint density at radius 1 is 1.00 bits per heavy atom. The highest BCUT2D eigenvalue weighted by molar-refractivity contribution is 7.98. The quantitative estimate of drug-likeness (QED) is 0.456. The van der Waals surface area contributed by atoms with Crippen molar-refractivity contribution in [2.75, 3.05) is 24.7 Å². The first-order valence-corrected chi connectivity index (χ1v) is 10.2. The van der Waals surface area contributed by atoms with E-state index in [0.717, 1.165) is 11.6 Å². The van der Waals surface area contributed by atoms with E-state index >= 15 is 0 Å². The lowest BCUT2D eigenvalue weighted by Crippen LogP contribution is -2.16. The zero-order valence-corrected chi connectivity index (χ0v) is 17.5. The molecule has 2 aromatic carbocycles. The van der Waals surface area contributed by atoms with Gasteiger partial charge in [0.1, 0.15) is 17.5 Å². The second kappa shape index (κ2) is 8.64. The number of halogens is 2. The van der Waals surface area contributed by atoms with E-state index in [1.165, 1.54) is 23.9 Å². The van der Waals surface area contributed by atoms with Gasteiger partial charge in [0.15, 0.2) is 11.0 Å². The second-order valence-corrected chi connectivity index (χ2v) is 7.64. The van der Waals surface area contributed by atoms with Gasteiger partial charge in [-0.15, -0.1) is 10.2 Å². The van der Waals surface area contributed by atoms with E-state index in [0.29, 0.717) is 28.5 Å². The van der Waals surface area contributed by atoms with Gasteiger partial charge in [-0.1, -0.05) is 42.1 Å². The van der Waals surface area contributed by atoms with Crippen LogP contribution in [0.5, 0.6) is 0 Å². The zero-order valence-electron chi connectivity index (χ0n) is 16.7. The molecule has 0 unspecified atom stereocenters. The maximum atomic E-state index is 14.7. The molecule has 0 saturated heterocycles. The molecule has 0 aliphatic heterocycles. The largest absolute Gasteiger partial charge is 0.368 e. The van der Waals surface area contributed by atoms with Crippen LogP contribution in [0.15, 0.2) is 53.7 Å². The molecule has 0 amide bonds. The highest BCUT2D eigenvalue weighted by Crippen LogP contribution is 2.30. The third kappa shape index (κ3) is 4.45. The normalized spacial score (nSPS) is 11.0. The summed E-state index contributed by atoms with van der Waals surface area (Å²) in [6.45, 7) is 0. The summed E-state index contributed by atoms with van der Waals surface area (Å²) in [4.78, 5) is 14.3. The van der Waals surface area contributed by atoms with Crippen molar-refractivity contribution in [3.05, 3.63) is 66.0 Å². The van der Waals surface area contributed by atoms with Crippen molar-refractivity contribution < 1.29 is 8.78 Å². The highest BCUT2D eigenvalue weighted by Gasteiger charge is 2.20. The fourth-order valence-corrected chi connectivity index (χ4v) is 3.64.